The van der Waals surface area contributed by atoms with Crippen LogP contribution in [0.5, 0.6) is 0 Å². The van der Waals surface area contributed by atoms with Gasteiger partial charge in [0.25, 0.3) is 12.2 Å². The highest BCUT2D eigenvalue weighted by Gasteiger charge is 1.99. The summed E-state index contributed by atoms with van der Waals surface area (Å²) in [5.41, 5.74) is 8.91. The molecule has 0 saturated heterocycles. The molecule has 0 saturated carbocycles. The molecule has 0 heterocycles. The number of carbonyl (C=O) groups is 1. The smallest absolute Gasteiger partial charge is 0.295 e. The summed E-state index contributed by atoms with van der Waals surface area (Å²) in [5.74, 6) is 0. The van der Waals surface area contributed by atoms with Gasteiger partial charge < -0.3 is 10.6 Å². The first-order chi connectivity index (χ1) is 5.35. The van der Waals surface area contributed by atoms with Crippen molar-refractivity contribution in [2.24, 2.45) is 0 Å². The van der Waals surface area contributed by atoms with Crippen LogP contribution in [-0.2, 0) is 4.79 Å². The van der Waals surface area contributed by atoms with Crippen molar-refractivity contribution in [2.45, 2.75) is 6.42 Å². The van der Waals surface area contributed by atoms with Gasteiger partial charge in [-0.2, -0.15) is 4.79 Å². The van der Waals surface area contributed by atoms with E-state index in [9.17, 15) is 0 Å². The van der Waals surface area contributed by atoms with Crippen LogP contribution in [0.1, 0.15) is 6.42 Å². The van der Waals surface area contributed by atoms with Crippen LogP contribution in [0.25, 0.3) is 5.53 Å². The topological polar surface area (TPSA) is 73.7 Å². The largest absolute Gasteiger partial charge is 0.483 e. The number of carboxylic acid groups (broad SMARTS) is 1. The zero-order chi connectivity index (χ0) is 8.53. The van der Waals surface area contributed by atoms with Gasteiger partial charge in [-0.3, -0.25) is 4.79 Å². The van der Waals surface area contributed by atoms with Crippen molar-refractivity contribution >= 4 is 12.2 Å². The average molecular weight is 152 g/mol. The predicted octanol–water partition coefficient (Wildman–Crippen LogP) is 0.874. The van der Waals surface area contributed by atoms with Crippen LogP contribution in [0, 0.1) is 0 Å². The van der Waals surface area contributed by atoms with Crippen LogP contribution in [-0.4, -0.2) is 22.1 Å². The summed E-state index contributed by atoms with van der Waals surface area (Å²) in [6, 6.07) is 0. The quantitative estimate of drug-likeness (QED) is 0.318. The average Bonchev–Trinajstić information content (AvgIpc) is 2.08. The van der Waals surface area contributed by atoms with E-state index in [1.165, 1.54) is 0 Å². The Balaban J connectivity index is 0.000000292. The standard InChI is InChI=1S/C6H6N2.CH2O2/c7-8-6-4-2-1-3-5-6;2-1-3/h1-4H,5H2;1H,(H,2,3). The fourth-order valence-corrected chi connectivity index (χ4v) is 0.576. The minimum Gasteiger partial charge on any atom is -0.483 e. The van der Waals surface area contributed by atoms with Gasteiger partial charge >= 0.3 is 0 Å². The molecule has 1 aliphatic carbocycles. The van der Waals surface area contributed by atoms with E-state index in [4.69, 9.17) is 15.4 Å². The van der Waals surface area contributed by atoms with Crippen LogP contribution >= 0.6 is 0 Å². The van der Waals surface area contributed by atoms with E-state index in [0.29, 0.717) is 5.71 Å². The molecule has 0 unspecified atom stereocenters. The highest BCUT2D eigenvalue weighted by molar-refractivity contribution is 5.92. The number of allylic oxidation sites excluding steroid dienone is 4. The summed E-state index contributed by atoms with van der Waals surface area (Å²) in [6.45, 7) is -0.250. The summed E-state index contributed by atoms with van der Waals surface area (Å²) in [5, 5.41) is 6.89. The lowest BCUT2D eigenvalue weighted by molar-refractivity contribution is -0.122. The van der Waals surface area contributed by atoms with E-state index < -0.39 is 0 Å². The van der Waals surface area contributed by atoms with Gasteiger partial charge in [-0.25, -0.2) is 0 Å². The van der Waals surface area contributed by atoms with E-state index in [-0.39, 0.29) is 6.47 Å². The van der Waals surface area contributed by atoms with Crippen molar-refractivity contribution in [3.63, 3.8) is 0 Å². The summed E-state index contributed by atoms with van der Waals surface area (Å²) >= 11 is 0. The molecule has 4 nitrogen and oxygen atoms in total. The first-order valence-corrected chi connectivity index (χ1v) is 2.97. The fourth-order valence-electron chi connectivity index (χ4n) is 0.576. The second kappa shape index (κ2) is 6.45. The highest BCUT2D eigenvalue weighted by atomic mass is 16.3. The van der Waals surface area contributed by atoms with Crippen LogP contribution in [0.2, 0.25) is 0 Å². The molecule has 0 fully saturated rings. The van der Waals surface area contributed by atoms with Crippen molar-refractivity contribution in [3.05, 3.63) is 29.8 Å². The number of hydrogen-bond acceptors (Lipinski definition) is 1. The normalized spacial score (nSPS) is 12.9. The van der Waals surface area contributed by atoms with Gasteiger partial charge in [0.05, 0.1) is 6.42 Å². The summed E-state index contributed by atoms with van der Waals surface area (Å²) in [7, 11) is 0. The Morgan fingerprint density at radius 3 is 2.55 bits per heavy atom. The van der Waals surface area contributed by atoms with Gasteiger partial charge in [-0.15, -0.1) is 0 Å². The van der Waals surface area contributed by atoms with Gasteiger partial charge in [0, 0.05) is 6.08 Å². The van der Waals surface area contributed by atoms with Gasteiger partial charge in [0.1, 0.15) is 0 Å². The van der Waals surface area contributed by atoms with E-state index >= 15 is 0 Å². The molecule has 0 atom stereocenters. The molecule has 0 radical (unpaired) electrons. The van der Waals surface area contributed by atoms with Crippen molar-refractivity contribution in [1.82, 2.24) is 0 Å². The molecule has 0 amide bonds. The Hall–Kier alpha value is -1.67. The molecule has 0 aromatic heterocycles. The molecule has 1 N–H and O–H groups in total. The maximum atomic E-state index is 8.36. The van der Waals surface area contributed by atoms with E-state index in [1.807, 2.05) is 18.2 Å². The first-order valence-electron chi connectivity index (χ1n) is 2.97. The zero-order valence-corrected chi connectivity index (χ0v) is 5.84. The fraction of sp³-hybridized carbons (Fsp3) is 0.143. The van der Waals surface area contributed by atoms with E-state index in [2.05, 4.69) is 4.79 Å². The van der Waals surface area contributed by atoms with Crippen molar-refractivity contribution in [3.8, 4) is 0 Å². The maximum Gasteiger partial charge on any atom is 0.295 e. The minimum atomic E-state index is -0.250. The molecule has 0 spiro atoms. The summed E-state index contributed by atoms with van der Waals surface area (Å²) in [6.07, 6.45) is 8.23. The van der Waals surface area contributed by atoms with E-state index in [0.717, 1.165) is 6.42 Å². The molecule has 58 valence electrons. The Bertz CT molecular complexity index is 225. The maximum absolute atomic E-state index is 8.36. The summed E-state index contributed by atoms with van der Waals surface area (Å²) < 4.78 is 0. The highest BCUT2D eigenvalue weighted by Crippen LogP contribution is 1.94. The van der Waals surface area contributed by atoms with Gasteiger partial charge in [-0.1, -0.05) is 18.2 Å². The predicted molar refractivity (Wildman–Crippen MR) is 40.2 cm³/mol. The second-order valence-corrected chi connectivity index (χ2v) is 1.69. The molecular weight excluding hydrogens is 144 g/mol. The van der Waals surface area contributed by atoms with E-state index in [1.54, 1.807) is 6.08 Å². The monoisotopic (exact) mass is 152 g/mol. The molecule has 4 heteroatoms. The molecule has 11 heavy (non-hydrogen) atoms. The first kappa shape index (κ1) is 9.33. The lowest BCUT2D eigenvalue weighted by Gasteiger charge is -1.85. The number of nitrogens with zero attached hydrogens (tertiary/aromatic N) is 2. The molecule has 1 rings (SSSR count). The third-order valence-electron chi connectivity index (χ3n) is 0.991. The SMILES string of the molecule is O=CO.[N-]=[N+]=C1C=CC=CC1. The van der Waals surface area contributed by atoms with Crippen LogP contribution in [0.3, 0.4) is 0 Å². The zero-order valence-electron chi connectivity index (χ0n) is 5.84. The van der Waals surface area contributed by atoms with Crippen LogP contribution in [0.4, 0.5) is 0 Å². The lowest BCUT2D eigenvalue weighted by atomic mass is 10.2. The Morgan fingerprint density at radius 2 is 2.27 bits per heavy atom. The van der Waals surface area contributed by atoms with Crippen LogP contribution < -0.4 is 0 Å². The molecule has 0 aromatic carbocycles. The minimum absolute atomic E-state index is 0.250. The van der Waals surface area contributed by atoms with Gasteiger partial charge in [-0.05, 0) is 0 Å². The van der Waals surface area contributed by atoms with Gasteiger partial charge in [0.2, 0.25) is 0 Å². The molecule has 0 aliphatic heterocycles. The number of rotatable bonds is 0. The number of hydrogen-bond donors (Lipinski definition) is 1. The molecular formula is C7H8N2O2. The third-order valence-corrected chi connectivity index (χ3v) is 0.991. The molecule has 1 aliphatic rings. The Kier molecular flexibility index (Phi) is 5.47. The van der Waals surface area contributed by atoms with Crippen molar-refractivity contribution in [2.75, 3.05) is 0 Å². The lowest BCUT2D eigenvalue weighted by Crippen LogP contribution is -1.93. The second-order valence-electron chi connectivity index (χ2n) is 1.69. The molecule has 0 aromatic rings. The Morgan fingerprint density at radius 1 is 1.64 bits per heavy atom. The summed E-state index contributed by atoms with van der Waals surface area (Å²) in [4.78, 5) is 11.4. The van der Waals surface area contributed by atoms with Crippen molar-refractivity contribution in [1.29, 1.82) is 0 Å². The Labute approximate surface area is 64.1 Å². The van der Waals surface area contributed by atoms with Crippen LogP contribution in [0.15, 0.2) is 24.3 Å². The third kappa shape index (κ3) is 4.81. The van der Waals surface area contributed by atoms with Gasteiger partial charge in [0.15, 0.2) is 0 Å². The molecule has 0 bridgehead atoms. The van der Waals surface area contributed by atoms with Crippen molar-refractivity contribution < 1.29 is 14.7 Å².